The number of aryl methyl sites for hydroxylation is 1. The number of nitrogens with one attached hydrogen (secondary N) is 1. The highest BCUT2D eigenvalue weighted by molar-refractivity contribution is 5.85. The van der Waals surface area contributed by atoms with Gasteiger partial charge in [-0.05, 0) is 38.5 Å². The molecule has 0 radical (unpaired) electrons. The molecule has 0 amide bonds. The minimum atomic E-state index is 0. The number of nitrogen functional groups attached to an aromatic ring is 1. The van der Waals surface area contributed by atoms with Crippen LogP contribution in [-0.2, 0) is 6.42 Å². The third-order valence-electron chi connectivity index (χ3n) is 4.11. The number of anilines is 1. The SMILES string of the molecule is CCCCCCC/C=C\CCCCCCCc1cnc(N)[nH]1.Cl. The predicted molar refractivity (Wildman–Crippen MR) is 104 cm³/mol. The third kappa shape index (κ3) is 13.2. The smallest absolute Gasteiger partial charge is 0.197 e. The number of unbranched alkanes of at least 4 members (excludes halogenated alkanes) is 10. The molecule has 0 spiro atoms. The van der Waals surface area contributed by atoms with Gasteiger partial charge in [0.15, 0.2) is 5.95 Å². The summed E-state index contributed by atoms with van der Waals surface area (Å²) < 4.78 is 0. The van der Waals surface area contributed by atoms with E-state index in [4.69, 9.17) is 5.73 Å². The molecule has 0 atom stereocenters. The summed E-state index contributed by atoms with van der Waals surface area (Å²) in [6, 6.07) is 0. The van der Waals surface area contributed by atoms with Crippen molar-refractivity contribution in [2.24, 2.45) is 0 Å². The van der Waals surface area contributed by atoms with Crippen molar-refractivity contribution < 1.29 is 0 Å². The van der Waals surface area contributed by atoms with Crippen molar-refractivity contribution in [2.75, 3.05) is 5.73 Å². The first-order valence-electron chi connectivity index (χ1n) is 9.27. The maximum Gasteiger partial charge on any atom is 0.197 e. The Balaban J connectivity index is 0.00000484. The van der Waals surface area contributed by atoms with E-state index in [9.17, 15) is 0 Å². The van der Waals surface area contributed by atoms with Gasteiger partial charge in [0.2, 0.25) is 0 Å². The van der Waals surface area contributed by atoms with E-state index in [-0.39, 0.29) is 12.4 Å². The summed E-state index contributed by atoms with van der Waals surface area (Å²) in [5.41, 5.74) is 6.72. The Morgan fingerprint density at radius 1 is 0.913 bits per heavy atom. The molecule has 0 fully saturated rings. The second-order valence-electron chi connectivity index (χ2n) is 6.27. The van der Waals surface area contributed by atoms with Gasteiger partial charge < -0.3 is 10.7 Å². The lowest BCUT2D eigenvalue weighted by molar-refractivity contribution is 0.613. The van der Waals surface area contributed by atoms with E-state index < -0.39 is 0 Å². The number of aromatic amines is 1. The van der Waals surface area contributed by atoms with Crippen molar-refractivity contribution in [1.82, 2.24) is 9.97 Å². The van der Waals surface area contributed by atoms with Gasteiger partial charge in [-0.1, -0.05) is 64.0 Å². The monoisotopic (exact) mass is 341 g/mol. The highest BCUT2D eigenvalue weighted by atomic mass is 35.5. The van der Waals surface area contributed by atoms with Gasteiger partial charge in [-0.2, -0.15) is 0 Å². The van der Waals surface area contributed by atoms with Gasteiger partial charge in [-0.15, -0.1) is 12.4 Å². The fraction of sp³-hybridized carbons (Fsp3) is 0.737. The average molecular weight is 342 g/mol. The molecule has 1 aromatic rings. The Labute approximate surface area is 149 Å². The van der Waals surface area contributed by atoms with Gasteiger partial charge >= 0.3 is 0 Å². The molecule has 3 nitrogen and oxygen atoms in total. The summed E-state index contributed by atoms with van der Waals surface area (Å²) in [5, 5.41) is 0. The minimum Gasteiger partial charge on any atom is -0.369 e. The Kier molecular flexibility index (Phi) is 15.3. The average Bonchev–Trinajstić information content (AvgIpc) is 2.93. The third-order valence-corrected chi connectivity index (χ3v) is 4.11. The Morgan fingerprint density at radius 2 is 1.48 bits per heavy atom. The van der Waals surface area contributed by atoms with Crippen LogP contribution in [0, 0.1) is 0 Å². The number of nitrogens with zero attached hydrogens (tertiary/aromatic N) is 1. The summed E-state index contributed by atoms with van der Waals surface area (Å²) in [7, 11) is 0. The molecule has 0 saturated carbocycles. The lowest BCUT2D eigenvalue weighted by Gasteiger charge is -2.00. The zero-order chi connectivity index (χ0) is 15.9. The number of hydrogen-bond acceptors (Lipinski definition) is 2. The first-order chi connectivity index (χ1) is 10.8. The Morgan fingerprint density at radius 3 is 2.04 bits per heavy atom. The van der Waals surface area contributed by atoms with Gasteiger partial charge in [0.1, 0.15) is 0 Å². The first-order valence-corrected chi connectivity index (χ1v) is 9.27. The van der Waals surface area contributed by atoms with Crippen molar-refractivity contribution in [1.29, 1.82) is 0 Å². The number of allylic oxidation sites excluding steroid dienone is 2. The van der Waals surface area contributed by atoms with Crippen molar-refractivity contribution in [2.45, 2.75) is 90.4 Å². The zero-order valence-corrected chi connectivity index (χ0v) is 15.7. The van der Waals surface area contributed by atoms with Crippen LogP contribution in [0.3, 0.4) is 0 Å². The van der Waals surface area contributed by atoms with E-state index in [1.54, 1.807) is 0 Å². The van der Waals surface area contributed by atoms with Crippen LogP contribution >= 0.6 is 12.4 Å². The molecule has 4 heteroatoms. The second kappa shape index (κ2) is 15.9. The van der Waals surface area contributed by atoms with E-state index >= 15 is 0 Å². The molecule has 134 valence electrons. The standard InChI is InChI=1S/C19H35N3.ClH/c1-2-3-4-5-6-7-8-9-10-11-12-13-14-15-16-18-17-21-19(20)22-18;/h8-9,17H,2-7,10-16H2,1H3,(H3,20,21,22);1H/b9-8-;. The van der Waals surface area contributed by atoms with E-state index in [0.717, 1.165) is 6.42 Å². The maximum atomic E-state index is 5.56. The van der Waals surface area contributed by atoms with E-state index in [0.29, 0.717) is 5.95 Å². The van der Waals surface area contributed by atoms with Crippen molar-refractivity contribution in [3.63, 3.8) is 0 Å². The van der Waals surface area contributed by atoms with Gasteiger partial charge in [0.25, 0.3) is 0 Å². The maximum absolute atomic E-state index is 5.56. The van der Waals surface area contributed by atoms with Crippen LogP contribution in [0.15, 0.2) is 18.3 Å². The molecule has 1 aromatic heterocycles. The van der Waals surface area contributed by atoms with Crippen molar-refractivity contribution >= 4 is 18.4 Å². The molecule has 0 unspecified atom stereocenters. The van der Waals surface area contributed by atoms with Crippen LogP contribution in [0.4, 0.5) is 5.95 Å². The minimum absolute atomic E-state index is 0. The highest BCUT2D eigenvalue weighted by Gasteiger charge is 1.97. The molecule has 0 saturated heterocycles. The van der Waals surface area contributed by atoms with Crippen LogP contribution < -0.4 is 5.73 Å². The molecule has 0 aromatic carbocycles. The van der Waals surface area contributed by atoms with Crippen molar-refractivity contribution in [3.8, 4) is 0 Å². The molecule has 1 rings (SSSR count). The molecule has 23 heavy (non-hydrogen) atoms. The highest BCUT2D eigenvalue weighted by Crippen LogP contribution is 2.10. The van der Waals surface area contributed by atoms with Crippen LogP contribution in [0.25, 0.3) is 0 Å². The van der Waals surface area contributed by atoms with E-state index in [2.05, 4.69) is 29.0 Å². The Bertz CT molecular complexity index is 388. The van der Waals surface area contributed by atoms with Crippen molar-refractivity contribution in [3.05, 3.63) is 24.0 Å². The number of rotatable bonds is 14. The van der Waals surface area contributed by atoms with Gasteiger partial charge in [-0.25, -0.2) is 4.98 Å². The van der Waals surface area contributed by atoms with E-state index in [1.807, 2.05) is 6.20 Å². The van der Waals surface area contributed by atoms with Crippen LogP contribution in [0.5, 0.6) is 0 Å². The molecule has 3 N–H and O–H groups in total. The first kappa shape index (κ1) is 22.0. The largest absolute Gasteiger partial charge is 0.369 e. The van der Waals surface area contributed by atoms with E-state index in [1.165, 1.54) is 82.7 Å². The molecule has 0 bridgehead atoms. The number of nitrogens with two attached hydrogens (primary N) is 1. The summed E-state index contributed by atoms with van der Waals surface area (Å²) in [6.07, 6.45) is 23.7. The van der Waals surface area contributed by atoms with Gasteiger partial charge in [0.05, 0.1) is 6.20 Å². The summed E-state index contributed by atoms with van der Waals surface area (Å²) in [5.74, 6) is 0.534. The van der Waals surface area contributed by atoms with Crippen LogP contribution in [0.1, 0.15) is 89.7 Å². The lowest BCUT2D eigenvalue weighted by Crippen LogP contribution is -1.89. The number of H-pyrrole nitrogens is 1. The fourth-order valence-corrected chi connectivity index (χ4v) is 2.71. The summed E-state index contributed by atoms with van der Waals surface area (Å²) >= 11 is 0. The lowest BCUT2D eigenvalue weighted by atomic mass is 10.1. The molecular weight excluding hydrogens is 306 g/mol. The molecule has 0 aliphatic heterocycles. The topological polar surface area (TPSA) is 54.7 Å². The van der Waals surface area contributed by atoms with Crippen LogP contribution in [-0.4, -0.2) is 9.97 Å². The summed E-state index contributed by atoms with van der Waals surface area (Å²) in [6.45, 7) is 2.27. The Hall–Kier alpha value is -0.960. The zero-order valence-electron chi connectivity index (χ0n) is 14.9. The summed E-state index contributed by atoms with van der Waals surface area (Å²) in [4.78, 5) is 7.10. The van der Waals surface area contributed by atoms with Crippen LogP contribution in [0.2, 0.25) is 0 Å². The normalized spacial score (nSPS) is 11.0. The molecule has 1 heterocycles. The quantitative estimate of drug-likeness (QED) is 0.312. The molecule has 0 aliphatic carbocycles. The number of halogens is 1. The van der Waals surface area contributed by atoms with Gasteiger partial charge in [0, 0.05) is 5.69 Å². The number of imidazole rings is 1. The van der Waals surface area contributed by atoms with Gasteiger partial charge in [-0.3, -0.25) is 0 Å². The molecule has 0 aliphatic rings. The number of aromatic nitrogens is 2. The fourth-order valence-electron chi connectivity index (χ4n) is 2.71. The second-order valence-corrected chi connectivity index (χ2v) is 6.27. The molecular formula is C19H36ClN3. The number of hydrogen-bond donors (Lipinski definition) is 2. The predicted octanol–water partition coefficient (Wildman–Crippen LogP) is 6.21.